The van der Waals surface area contributed by atoms with Gasteiger partial charge in [-0.2, -0.15) is 0 Å². The molecular weight excluding hydrogens is 254 g/mol. The number of pyridine rings is 1. The summed E-state index contributed by atoms with van der Waals surface area (Å²) in [7, 11) is 0. The molecule has 1 saturated carbocycles. The standard InChI is InChI=1S/C11H12BrN3/c12-11-10(7-4-5-7)14-9-3-1-2-8(6-13)15(9)11/h1-3,7H,4-6,13H2. The molecule has 1 aliphatic carbocycles. The molecule has 0 aromatic carbocycles. The highest BCUT2D eigenvalue weighted by molar-refractivity contribution is 9.10. The lowest BCUT2D eigenvalue weighted by molar-refractivity contribution is 0.928. The maximum Gasteiger partial charge on any atom is 0.138 e. The van der Waals surface area contributed by atoms with Crippen molar-refractivity contribution in [3.05, 3.63) is 34.2 Å². The molecule has 1 aliphatic rings. The van der Waals surface area contributed by atoms with Crippen LogP contribution >= 0.6 is 15.9 Å². The highest BCUT2D eigenvalue weighted by Crippen LogP contribution is 2.43. The van der Waals surface area contributed by atoms with Crippen molar-refractivity contribution in [1.82, 2.24) is 9.38 Å². The number of hydrogen-bond donors (Lipinski definition) is 1. The summed E-state index contributed by atoms with van der Waals surface area (Å²) >= 11 is 3.63. The molecule has 2 heterocycles. The summed E-state index contributed by atoms with van der Waals surface area (Å²) in [4.78, 5) is 4.64. The minimum absolute atomic E-state index is 0.538. The van der Waals surface area contributed by atoms with Crippen LogP contribution in [0.25, 0.3) is 5.65 Å². The number of nitrogens with zero attached hydrogens (tertiary/aromatic N) is 2. The first-order valence-electron chi connectivity index (χ1n) is 5.17. The number of fused-ring (bicyclic) bond motifs is 1. The fraction of sp³-hybridized carbons (Fsp3) is 0.364. The fourth-order valence-electron chi connectivity index (χ4n) is 1.92. The Bertz CT molecular complexity index is 514. The molecule has 2 aromatic rings. The van der Waals surface area contributed by atoms with E-state index in [0.717, 1.165) is 15.9 Å². The Hall–Kier alpha value is -0.870. The van der Waals surface area contributed by atoms with Crippen molar-refractivity contribution in [2.45, 2.75) is 25.3 Å². The third-order valence-corrected chi connectivity index (χ3v) is 3.63. The molecule has 4 heteroatoms. The highest BCUT2D eigenvalue weighted by Gasteiger charge is 2.29. The molecule has 3 nitrogen and oxygen atoms in total. The third-order valence-electron chi connectivity index (χ3n) is 2.87. The van der Waals surface area contributed by atoms with Gasteiger partial charge in [-0.3, -0.25) is 4.40 Å². The van der Waals surface area contributed by atoms with E-state index in [1.54, 1.807) is 0 Å². The second-order valence-electron chi connectivity index (χ2n) is 3.98. The summed E-state index contributed by atoms with van der Waals surface area (Å²) < 4.78 is 3.19. The zero-order valence-corrected chi connectivity index (χ0v) is 9.87. The molecule has 0 spiro atoms. The zero-order chi connectivity index (χ0) is 10.4. The molecule has 0 atom stereocenters. The molecule has 15 heavy (non-hydrogen) atoms. The van der Waals surface area contributed by atoms with Gasteiger partial charge in [-0.25, -0.2) is 4.98 Å². The van der Waals surface area contributed by atoms with Crippen LogP contribution in [-0.2, 0) is 6.54 Å². The number of imidazole rings is 1. The van der Waals surface area contributed by atoms with E-state index in [4.69, 9.17) is 5.73 Å². The minimum atomic E-state index is 0.538. The van der Waals surface area contributed by atoms with Crippen LogP contribution in [0.4, 0.5) is 0 Å². The molecule has 0 aliphatic heterocycles. The highest BCUT2D eigenvalue weighted by atomic mass is 79.9. The summed E-state index contributed by atoms with van der Waals surface area (Å²) in [6.07, 6.45) is 2.53. The van der Waals surface area contributed by atoms with Gasteiger partial charge in [0.2, 0.25) is 0 Å². The van der Waals surface area contributed by atoms with Gasteiger partial charge in [-0.1, -0.05) is 6.07 Å². The quantitative estimate of drug-likeness (QED) is 0.907. The molecule has 0 bridgehead atoms. The van der Waals surface area contributed by atoms with E-state index in [0.29, 0.717) is 12.5 Å². The van der Waals surface area contributed by atoms with Crippen molar-refractivity contribution in [3.8, 4) is 0 Å². The summed E-state index contributed by atoms with van der Waals surface area (Å²) in [5.41, 5.74) is 9.00. The second kappa shape index (κ2) is 3.32. The van der Waals surface area contributed by atoms with E-state index in [-0.39, 0.29) is 0 Å². The predicted molar refractivity (Wildman–Crippen MR) is 62.8 cm³/mol. The number of hydrogen-bond acceptors (Lipinski definition) is 2. The van der Waals surface area contributed by atoms with Crippen LogP contribution in [0.2, 0.25) is 0 Å². The Kier molecular flexibility index (Phi) is 2.07. The van der Waals surface area contributed by atoms with Gasteiger partial charge in [0, 0.05) is 18.2 Å². The fourth-order valence-corrected chi connectivity index (χ4v) is 2.74. The first kappa shape index (κ1) is 9.36. The first-order chi connectivity index (χ1) is 7.31. The molecule has 1 fully saturated rings. The Balaban J connectivity index is 2.29. The van der Waals surface area contributed by atoms with Gasteiger partial charge in [0.25, 0.3) is 0 Å². The lowest BCUT2D eigenvalue weighted by Gasteiger charge is -2.02. The Labute approximate surface area is 96.4 Å². The van der Waals surface area contributed by atoms with E-state index >= 15 is 0 Å². The average molecular weight is 266 g/mol. The molecular formula is C11H12BrN3. The van der Waals surface area contributed by atoms with Crippen molar-refractivity contribution in [2.75, 3.05) is 0 Å². The van der Waals surface area contributed by atoms with Gasteiger partial charge in [-0.15, -0.1) is 0 Å². The summed E-state index contributed by atoms with van der Waals surface area (Å²) in [6, 6.07) is 6.07. The number of rotatable bonds is 2. The molecule has 3 rings (SSSR count). The Morgan fingerprint density at radius 1 is 1.47 bits per heavy atom. The number of halogens is 1. The third kappa shape index (κ3) is 1.40. The maximum atomic E-state index is 5.72. The molecule has 0 amide bonds. The van der Waals surface area contributed by atoms with Crippen LogP contribution < -0.4 is 5.73 Å². The van der Waals surface area contributed by atoms with Gasteiger partial charge in [0.15, 0.2) is 0 Å². The van der Waals surface area contributed by atoms with Crippen molar-refractivity contribution in [2.24, 2.45) is 5.73 Å². The van der Waals surface area contributed by atoms with Crippen LogP contribution in [0.3, 0.4) is 0 Å². The van der Waals surface area contributed by atoms with E-state index in [9.17, 15) is 0 Å². The SMILES string of the molecule is NCc1cccc2nc(C3CC3)c(Br)n12. The van der Waals surface area contributed by atoms with Crippen molar-refractivity contribution in [3.63, 3.8) is 0 Å². The summed E-state index contributed by atoms with van der Waals surface area (Å²) in [6.45, 7) is 0.538. The van der Waals surface area contributed by atoms with Crippen molar-refractivity contribution >= 4 is 21.6 Å². The largest absolute Gasteiger partial charge is 0.325 e. The molecule has 2 N–H and O–H groups in total. The van der Waals surface area contributed by atoms with Gasteiger partial charge in [0.05, 0.1) is 5.69 Å². The lowest BCUT2D eigenvalue weighted by atomic mass is 10.3. The van der Waals surface area contributed by atoms with Gasteiger partial charge in [0.1, 0.15) is 10.3 Å². The molecule has 2 aromatic heterocycles. The van der Waals surface area contributed by atoms with Gasteiger partial charge < -0.3 is 5.73 Å². The van der Waals surface area contributed by atoms with Crippen molar-refractivity contribution in [1.29, 1.82) is 0 Å². The zero-order valence-electron chi connectivity index (χ0n) is 8.28. The lowest BCUT2D eigenvalue weighted by Crippen LogP contribution is -2.03. The van der Waals surface area contributed by atoms with Crippen LogP contribution in [0.15, 0.2) is 22.8 Å². The Morgan fingerprint density at radius 3 is 2.93 bits per heavy atom. The van der Waals surface area contributed by atoms with Crippen LogP contribution in [0.1, 0.15) is 30.1 Å². The van der Waals surface area contributed by atoms with Crippen LogP contribution in [0.5, 0.6) is 0 Å². The van der Waals surface area contributed by atoms with Gasteiger partial charge in [-0.05, 0) is 40.9 Å². The molecule has 0 saturated heterocycles. The van der Waals surface area contributed by atoms with E-state index < -0.39 is 0 Å². The normalized spacial score (nSPS) is 16.1. The average Bonchev–Trinajstić information content (AvgIpc) is 3.04. The second-order valence-corrected chi connectivity index (χ2v) is 4.73. The van der Waals surface area contributed by atoms with Crippen LogP contribution in [-0.4, -0.2) is 9.38 Å². The van der Waals surface area contributed by atoms with Crippen LogP contribution in [0, 0.1) is 0 Å². The summed E-state index contributed by atoms with van der Waals surface area (Å²) in [5.74, 6) is 0.657. The van der Waals surface area contributed by atoms with E-state index in [1.807, 2.05) is 18.2 Å². The van der Waals surface area contributed by atoms with E-state index in [2.05, 4.69) is 25.3 Å². The molecule has 78 valence electrons. The number of nitrogens with two attached hydrogens (primary N) is 1. The molecule has 0 radical (unpaired) electrons. The van der Waals surface area contributed by atoms with Crippen molar-refractivity contribution < 1.29 is 0 Å². The molecule has 0 unspecified atom stereocenters. The summed E-state index contributed by atoms with van der Waals surface area (Å²) in [5, 5.41) is 0. The maximum absolute atomic E-state index is 5.72. The topological polar surface area (TPSA) is 43.3 Å². The Morgan fingerprint density at radius 2 is 2.27 bits per heavy atom. The monoisotopic (exact) mass is 265 g/mol. The number of aromatic nitrogens is 2. The first-order valence-corrected chi connectivity index (χ1v) is 5.96. The predicted octanol–water partition coefficient (Wildman–Crippen LogP) is 2.43. The smallest absolute Gasteiger partial charge is 0.138 e. The van der Waals surface area contributed by atoms with E-state index in [1.165, 1.54) is 18.5 Å². The minimum Gasteiger partial charge on any atom is -0.325 e. The van der Waals surface area contributed by atoms with Gasteiger partial charge >= 0.3 is 0 Å².